The smallest absolute Gasteiger partial charge is 0.141 e. The molecule has 4 aromatic rings. The molecule has 4 heterocycles. The molecular formula is C23H24N4S2. The first-order valence-electron chi connectivity index (χ1n) is 10.7. The third-order valence-electron chi connectivity index (χ3n) is 6.28. The molecule has 1 fully saturated rings. The van der Waals surface area contributed by atoms with Crippen molar-refractivity contribution in [1.82, 2.24) is 15.0 Å². The molecule has 1 aliphatic heterocycles. The van der Waals surface area contributed by atoms with E-state index in [1.807, 2.05) is 29.6 Å². The van der Waals surface area contributed by atoms with Crippen LogP contribution in [0.25, 0.3) is 20.4 Å². The van der Waals surface area contributed by atoms with E-state index in [1.54, 1.807) is 4.88 Å². The Morgan fingerprint density at radius 2 is 1.86 bits per heavy atom. The van der Waals surface area contributed by atoms with Crippen molar-refractivity contribution in [1.29, 1.82) is 0 Å². The molecule has 3 aromatic heterocycles. The minimum atomic E-state index is 0.325. The number of fused-ring (bicyclic) bond motifs is 4. The number of anilines is 1. The number of aryl methyl sites for hydroxylation is 3. The lowest BCUT2D eigenvalue weighted by Gasteiger charge is -2.25. The molecule has 6 heteroatoms. The van der Waals surface area contributed by atoms with Gasteiger partial charge in [-0.15, -0.1) is 22.7 Å². The van der Waals surface area contributed by atoms with Crippen molar-refractivity contribution in [3.63, 3.8) is 0 Å². The van der Waals surface area contributed by atoms with Crippen LogP contribution in [0.1, 0.15) is 59.4 Å². The van der Waals surface area contributed by atoms with Crippen LogP contribution in [0.4, 0.5) is 5.82 Å². The molecule has 1 aromatic carbocycles. The molecule has 148 valence electrons. The second-order valence-electron chi connectivity index (χ2n) is 8.21. The maximum atomic E-state index is 5.02. The molecular weight excluding hydrogens is 396 g/mol. The fraction of sp³-hybridized carbons (Fsp3) is 0.435. The van der Waals surface area contributed by atoms with Crippen LogP contribution < -0.4 is 4.90 Å². The van der Waals surface area contributed by atoms with E-state index in [0.29, 0.717) is 6.04 Å². The van der Waals surface area contributed by atoms with E-state index in [4.69, 9.17) is 15.0 Å². The maximum absolute atomic E-state index is 5.02. The van der Waals surface area contributed by atoms with E-state index in [1.165, 1.54) is 64.0 Å². The molecule has 1 saturated heterocycles. The first kappa shape index (κ1) is 17.8. The van der Waals surface area contributed by atoms with Crippen LogP contribution in [0.15, 0.2) is 24.3 Å². The van der Waals surface area contributed by atoms with Gasteiger partial charge in [0.05, 0.1) is 21.6 Å². The van der Waals surface area contributed by atoms with Crippen LogP contribution in [-0.2, 0) is 12.8 Å². The molecule has 1 unspecified atom stereocenters. The number of thiophene rings is 1. The van der Waals surface area contributed by atoms with Crippen molar-refractivity contribution in [3.8, 4) is 0 Å². The highest BCUT2D eigenvalue weighted by Crippen LogP contribution is 2.44. The van der Waals surface area contributed by atoms with Gasteiger partial charge < -0.3 is 4.90 Å². The van der Waals surface area contributed by atoms with E-state index in [2.05, 4.69) is 29.2 Å². The number of benzene rings is 1. The summed E-state index contributed by atoms with van der Waals surface area (Å²) in [5, 5.41) is 2.57. The molecule has 0 radical (unpaired) electrons. The quantitative estimate of drug-likeness (QED) is 0.361. The fourth-order valence-electron chi connectivity index (χ4n) is 4.94. The number of hydrogen-bond donors (Lipinski definition) is 0. The zero-order valence-corrected chi connectivity index (χ0v) is 18.3. The highest BCUT2D eigenvalue weighted by Gasteiger charge is 2.32. The van der Waals surface area contributed by atoms with Gasteiger partial charge in [-0.2, -0.15) is 0 Å². The molecule has 6 rings (SSSR count). The highest BCUT2D eigenvalue weighted by atomic mass is 32.1. The van der Waals surface area contributed by atoms with Gasteiger partial charge >= 0.3 is 0 Å². The zero-order valence-electron chi connectivity index (χ0n) is 16.6. The third-order valence-corrected chi connectivity index (χ3v) is 8.60. The van der Waals surface area contributed by atoms with Crippen molar-refractivity contribution < 1.29 is 0 Å². The highest BCUT2D eigenvalue weighted by molar-refractivity contribution is 7.19. The van der Waals surface area contributed by atoms with Crippen LogP contribution >= 0.6 is 22.7 Å². The average Bonchev–Trinajstić information content (AvgIpc) is 3.40. The van der Waals surface area contributed by atoms with E-state index in [-0.39, 0.29) is 0 Å². The molecule has 2 aliphatic rings. The summed E-state index contributed by atoms with van der Waals surface area (Å²) in [6.45, 7) is 3.09. The Balaban J connectivity index is 1.50. The van der Waals surface area contributed by atoms with Gasteiger partial charge in [0.2, 0.25) is 0 Å². The Morgan fingerprint density at radius 1 is 0.966 bits per heavy atom. The lowest BCUT2D eigenvalue weighted by Crippen LogP contribution is -2.24. The van der Waals surface area contributed by atoms with Crippen LogP contribution in [0.5, 0.6) is 0 Å². The van der Waals surface area contributed by atoms with Crippen LogP contribution in [0, 0.1) is 6.92 Å². The summed E-state index contributed by atoms with van der Waals surface area (Å²) in [6, 6.07) is 8.82. The Labute approximate surface area is 178 Å². The monoisotopic (exact) mass is 420 g/mol. The average molecular weight is 421 g/mol. The van der Waals surface area contributed by atoms with Gasteiger partial charge in [-0.25, -0.2) is 15.0 Å². The molecule has 0 saturated carbocycles. The van der Waals surface area contributed by atoms with Gasteiger partial charge in [-0.1, -0.05) is 18.6 Å². The normalized spacial score (nSPS) is 19.8. The summed E-state index contributed by atoms with van der Waals surface area (Å²) in [7, 11) is 0. The van der Waals surface area contributed by atoms with E-state index >= 15 is 0 Å². The van der Waals surface area contributed by atoms with Crippen LogP contribution in [-0.4, -0.2) is 21.5 Å². The van der Waals surface area contributed by atoms with Gasteiger partial charge in [-0.3, -0.25) is 0 Å². The maximum Gasteiger partial charge on any atom is 0.141 e. The Bertz CT molecular complexity index is 1180. The second kappa shape index (κ2) is 7.03. The lowest BCUT2D eigenvalue weighted by atomic mass is 10.1. The van der Waals surface area contributed by atoms with Gasteiger partial charge in [0.15, 0.2) is 0 Å². The summed E-state index contributed by atoms with van der Waals surface area (Å²) in [6.07, 6.45) is 8.65. The van der Waals surface area contributed by atoms with Gasteiger partial charge in [-0.05, 0) is 63.1 Å². The molecule has 0 bridgehead atoms. The lowest BCUT2D eigenvalue weighted by molar-refractivity contribution is 0.706. The van der Waals surface area contributed by atoms with Gasteiger partial charge in [0.25, 0.3) is 0 Å². The van der Waals surface area contributed by atoms with Gasteiger partial charge in [0, 0.05) is 11.4 Å². The number of para-hydroxylation sites is 1. The van der Waals surface area contributed by atoms with E-state index < -0.39 is 0 Å². The summed E-state index contributed by atoms with van der Waals surface area (Å²) < 4.78 is 1.28. The van der Waals surface area contributed by atoms with Crippen molar-refractivity contribution in [2.24, 2.45) is 0 Å². The van der Waals surface area contributed by atoms with Gasteiger partial charge in [0.1, 0.15) is 21.5 Å². The second-order valence-corrected chi connectivity index (χ2v) is 10.4. The van der Waals surface area contributed by atoms with Crippen LogP contribution in [0.2, 0.25) is 0 Å². The number of nitrogens with zero attached hydrogens (tertiary/aromatic N) is 4. The third kappa shape index (κ3) is 2.96. The number of aromatic nitrogens is 3. The van der Waals surface area contributed by atoms with Crippen LogP contribution in [0.3, 0.4) is 0 Å². The Hall–Kier alpha value is -2.05. The summed E-state index contributed by atoms with van der Waals surface area (Å²) in [5.41, 5.74) is 2.65. The SMILES string of the molecule is Cc1nc(N2CCCC2c2nc3ccccc3s2)c2c3c(sc2n1)CCCCC3. The van der Waals surface area contributed by atoms with Crippen molar-refractivity contribution >= 4 is 48.9 Å². The molecule has 1 atom stereocenters. The Morgan fingerprint density at radius 3 is 2.79 bits per heavy atom. The largest absolute Gasteiger partial charge is 0.346 e. The topological polar surface area (TPSA) is 41.9 Å². The number of thiazole rings is 1. The molecule has 1 aliphatic carbocycles. The fourth-order valence-corrected chi connectivity index (χ4v) is 7.35. The molecule has 0 spiro atoms. The van der Waals surface area contributed by atoms with Crippen molar-refractivity contribution in [3.05, 3.63) is 45.5 Å². The number of rotatable bonds is 2. The van der Waals surface area contributed by atoms with E-state index in [9.17, 15) is 0 Å². The molecule has 29 heavy (non-hydrogen) atoms. The zero-order chi connectivity index (χ0) is 19.4. The van der Waals surface area contributed by atoms with Crippen molar-refractivity contribution in [2.45, 2.75) is 57.9 Å². The minimum Gasteiger partial charge on any atom is -0.346 e. The minimum absolute atomic E-state index is 0.325. The molecule has 0 amide bonds. The summed E-state index contributed by atoms with van der Waals surface area (Å²) in [5.74, 6) is 2.05. The predicted molar refractivity (Wildman–Crippen MR) is 122 cm³/mol. The molecule has 0 N–H and O–H groups in total. The first-order valence-corrected chi connectivity index (χ1v) is 12.3. The first-order chi connectivity index (χ1) is 14.3. The van der Waals surface area contributed by atoms with E-state index in [0.717, 1.165) is 30.1 Å². The molecule has 4 nitrogen and oxygen atoms in total. The predicted octanol–water partition coefficient (Wildman–Crippen LogP) is 6.22. The standard InChI is InChI=1S/C23H24N4S2/c1-14-24-21(20-15-8-3-2-4-11-18(15)28-23(20)25-14)27-13-7-10-17(27)22-26-16-9-5-6-12-19(16)29-22/h5-6,9,12,17H,2-4,7-8,10-11,13H2,1H3. The number of hydrogen-bond acceptors (Lipinski definition) is 6. The summed E-state index contributed by atoms with van der Waals surface area (Å²) in [4.78, 5) is 20.1. The summed E-state index contributed by atoms with van der Waals surface area (Å²) >= 11 is 3.75. The van der Waals surface area contributed by atoms with Crippen molar-refractivity contribution in [2.75, 3.05) is 11.4 Å². The Kier molecular flexibility index (Phi) is 4.31.